The molecule has 4 atom stereocenters. The Bertz CT molecular complexity index is 592. The number of benzene rings is 1. The van der Waals surface area contributed by atoms with Crippen LogP contribution in [0.25, 0.3) is 0 Å². The van der Waals surface area contributed by atoms with Crippen molar-refractivity contribution < 1.29 is 14.7 Å². The lowest BCUT2D eigenvalue weighted by atomic mass is 9.84. The first-order valence-electron chi connectivity index (χ1n) is 8.55. The first kappa shape index (κ1) is 16.9. The summed E-state index contributed by atoms with van der Waals surface area (Å²) < 4.78 is 0. The normalized spacial score (nSPS) is 30.4. The van der Waals surface area contributed by atoms with Gasteiger partial charge in [-0.1, -0.05) is 30.3 Å². The molecule has 3 rings (SSSR count). The molecular formula is C18H25N3O3. The number of β-amino-alcohol motifs (C(OH)–C–C–N with tert-alkyl or cyclic N) is 1. The van der Waals surface area contributed by atoms with Crippen molar-refractivity contribution in [3.63, 3.8) is 0 Å². The van der Waals surface area contributed by atoms with Crippen molar-refractivity contribution in [1.82, 2.24) is 15.5 Å². The Labute approximate surface area is 142 Å². The molecule has 0 saturated carbocycles. The van der Waals surface area contributed by atoms with Crippen LogP contribution in [0.2, 0.25) is 0 Å². The van der Waals surface area contributed by atoms with Gasteiger partial charge in [-0.2, -0.15) is 0 Å². The fourth-order valence-electron chi connectivity index (χ4n) is 3.71. The van der Waals surface area contributed by atoms with Gasteiger partial charge in [-0.05, 0) is 12.0 Å². The van der Waals surface area contributed by atoms with E-state index in [0.29, 0.717) is 32.5 Å². The lowest BCUT2D eigenvalue weighted by Gasteiger charge is -2.38. The average Bonchev–Trinajstić information content (AvgIpc) is 3.01. The molecule has 2 aliphatic rings. The number of aliphatic hydroxyl groups excluding tert-OH is 1. The molecule has 1 aromatic rings. The van der Waals surface area contributed by atoms with Gasteiger partial charge in [0.15, 0.2) is 0 Å². The molecule has 3 N–H and O–H groups in total. The topological polar surface area (TPSA) is 81.7 Å². The average molecular weight is 331 g/mol. The number of nitrogens with zero attached hydrogens (tertiary/aromatic N) is 1. The number of aliphatic hydroxyl groups is 1. The smallest absolute Gasteiger partial charge is 0.225 e. The van der Waals surface area contributed by atoms with E-state index < -0.39 is 6.10 Å². The number of hydrogen-bond acceptors (Lipinski definition) is 4. The lowest BCUT2D eigenvalue weighted by molar-refractivity contribution is -0.141. The number of amides is 2. The number of carbonyl (C=O) groups excluding carboxylic acids is 2. The van der Waals surface area contributed by atoms with E-state index in [0.717, 1.165) is 5.56 Å². The van der Waals surface area contributed by atoms with Crippen molar-refractivity contribution in [2.24, 2.45) is 11.8 Å². The molecule has 6 nitrogen and oxygen atoms in total. The molecule has 0 aromatic heterocycles. The summed E-state index contributed by atoms with van der Waals surface area (Å²) in [5.41, 5.74) is 0.982. The summed E-state index contributed by atoms with van der Waals surface area (Å²) >= 11 is 0. The second kappa shape index (κ2) is 7.32. The van der Waals surface area contributed by atoms with Crippen LogP contribution in [-0.4, -0.2) is 54.6 Å². The number of likely N-dealkylation sites (tertiary alicyclic amines) is 1. The highest BCUT2D eigenvalue weighted by atomic mass is 16.3. The van der Waals surface area contributed by atoms with Gasteiger partial charge in [0.2, 0.25) is 11.8 Å². The first-order valence-corrected chi connectivity index (χ1v) is 8.55. The van der Waals surface area contributed by atoms with E-state index in [2.05, 4.69) is 10.6 Å². The van der Waals surface area contributed by atoms with Crippen LogP contribution < -0.4 is 10.6 Å². The third-order valence-electron chi connectivity index (χ3n) is 5.18. The summed E-state index contributed by atoms with van der Waals surface area (Å²) in [6, 6.07) is 9.47. The van der Waals surface area contributed by atoms with Crippen LogP contribution in [0.4, 0.5) is 0 Å². The summed E-state index contributed by atoms with van der Waals surface area (Å²) in [6.45, 7) is 1.75. The second-order valence-corrected chi connectivity index (χ2v) is 6.74. The van der Waals surface area contributed by atoms with Crippen molar-refractivity contribution in [1.29, 1.82) is 0 Å². The van der Waals surface area contributed by atoms with Gasteiger partial charge in [0.05, 0.1) is 18.1 Å². The van der Waals surface area contributed by atoms with Crippen LogP contribution in [0.1, 0.15) is 24.4 Å². The summed E-state index contributed by atoms with van der Waals surface area (Å²) in [5, 5.41) is 16.0. The van der Waals surface area contributed by atoms with Crippen LogP contribution in [0.15, 0.2) is 30.3 Å². The van der Waals surface area contributed by atoms with Crippen LogP contribution in [0, 0.1) is 11.8 Å². The van der Waals surface area contributed by atoms with Crippen molar-refractivity contribution in [3.05, 3.63) is 35.9 Å². The van der Waals surface area contributed by atoms with Crippen molar-refractivity contribution in [2.75, 3.05) is 26.7 Å². The molecule has 0 radical (unpaired) electrons. The Morgan fingerprint density at radius 1 is 1.33 bits per heavy atom. The van der Waals surface area contributed by atoms with Crippen LogP contribution in [0.5, 0.6) is 0 Å². The highest BCUT2D eigenvalue weighted by molar-refractivity contribution is 5.84. The Balaban J connectivity index is 1.71. The quantitative estimate of drug-likeness (QED) is 0.741. The Morgan fingerprint density at radius 3 is 2.75 bits per heavy atom. The van der Waals surface area contributed by atoms with Gasteiger partial charge in [0, 0.05) is 39.0 Å². The number of nitrogens with one attached hydrogen (secondary N) is 2. The Morgan fingerprint density at radius 2 is 2.08 bits per heavy atom. The molecule has 2 saturated heterocycles. The van der Waals surface area contributed by atoms with E-state index >= 15 is 0 Å². The molecule has 24 heavy (non-hydrogen) atoms. The standard InChI is InChI=1S/C18H25N3O3/c1-21-16(23)8-7-14(17(21)12-5-3-2-4-6-12)18(24)20-10-13-9-19-11-15(13)22/h2-6,13-15,17,19,22H,7-11H2,1H3,(H,20,24). The number of piperidine rings is 1. The largest absolute Gasteiger partial charge is 0.391 e. The second-order valence-electron chi connectivity index (χ2n) is 6.74. The molecule has 2 amide bonds. The molecule has 0 spiro atoms. The summed E-state index contributed by atoms with van der Waals surface area (Å²) in [7, 11) is 1.77. The molecular weight excluding hydrogens is 306 g/mol. The highest BCUT2D eigenvalue weighted by Gasteiger charge is 2.39. The van der Waals surface area contributed by atoms with Gasteiger partial charge in [0.1, 0.15) is 0 Å². The zero-order valence-corrected chi connectivity index (χ0v) is 13.9. The zero-order chi connectivity index (χ0) is 17.1. The summed E-state index contributed by atoms with van der Waals surface area (Å²) in [4.78, 5) is 26.5. The fraction of sp³-hybridized carbons (Fsp3) is 0.556. The van der Waals surface area contributed by atoms with Crippen LogP contribution in [-0.2, 0) is 9.59 Å². The SMILES string of the molecule is CN1C(=O)CCC(C(=O)NCC2CNCC2O)C1c1ccccc1. The number of hydrogen-bond donors (Lipinski definition) is 3. The zero-order valence-electron chi connectivity index (χ0n) is 13.9. The van der Waals surface area contributed by atoms with Crippen molar-refractivity contribution in [2.45, 2.75) is 25.0 Å². The number of carbonyl (C=O) groups is 2. The van der Waals surface area contributed by atoms with Crippen molar-refractivity contribution in [3.8, 4) is 0 Å². The van der Waals surface area contributed by atoms with Gasteiger partial charge in [0.25, 0.3) is 0 Å². The van der Waals surface area contributed by atoms with E-state index in [1.54, 1.807) is 11.9 Å². The molecule has 0 aliphatic carbocycles. The minimum Gasteiger partial charge on any atom is -0.391 e. The maximum absolute atomic E-state index is 12.7. The molecule has 130 valence electrons. The van der Waals surface area contributed by atoms with Crippen molar-refractivity contribution >= 4 is 11.8 Å². The molecule has 2 aliphatic heterocycles. The molecule has 4 unspecified atom stereocenters. The van der Waals surface area contributed by atoms with E-state index in [4.69, 9.17) is 0 Å². The molecule has 2 fully saturated rings. The van der Waals surface area contributed by atoms with E-state index in [1.807, 2.05) is 30.3 Å². The third-order valence-corrected chi connectivity index (χ3v) is 5.18. The molecule has 1 aromatic carbocycles. The Kier molecular flexibility index (Phi) is 5.16. The summed E-state index contributed by atoms with van der Waals surface area (Å²) in [5.74, 6) is -0.181. The van der Waals surface area contributed by atoms with Gasteiger partial charge in [-0.3, -0.25) is 9.59 Å². The van der Waals surface area contributed by atoms with Gasteiger partial charge in [-0.15, -0.1) is 0 Å². The molecule has 6 heteroatoms. The van der Waals surface area contributed by atoms with E-state index in [1.165, 1.54) is 0 Å². The first-order chi connectivity index (χ1) is 11.6. The molecule has 0 bridgehead atoms. The van der Waals surface area contributed by atoms with Gasteiger partial charge < -0.3 is 20.6 Å². The fourth-order valence-corrected chi connectivity index (χ4v) is 3.71. The maximum atomic E-state index is 12.7. The van der Waals surface area contributed by atoms with Crippen LogP contribution in [0.3, 0.4) is 0 Å². The third kappa shape index (κ3) is 3.44. The number of rotatable bonds is 4. The van der Waals surface area contributed by atoms with Crippen LogP contribution >= 0.6 is 0 Å². The predicted molar refractivity (Wildman–Crippen MR) is 90.1 cm³/mol. The van der Waals surface area contributed by atoms with Gasteiger partial charge >= 0.3 is 0 Å². The monoisotopic (exact) mass is 331 g/mol. The summed E-state index contributed by atoms with van der Waals surface area (Å²) in [6.07, 6.45) is 0.539. The predicted octanol–water partition coefficient (Wildman–Crippen LogP) is 0.293. The minimum absolute atomic E-state index is 0.0395. The minimum atomic E-state index is -0.411. The van der Waals surface area contributed by atoms with E-state index in [9.17, 15) is 14.7 Å². The maximum Gasteiger partial charge on any atom is 0.225 e. The lowest BCUT2D eigenvalue weighted by Crippen LogP contribution is -2.47. The van der Waals surface area contributed by atoms with Gasteiger partial charge in [-0.25, -0.2) is 0 Å². The van der Waals surface area contributed by atoms with E-state index in [-0.39, 0.29) is 29.7 Å². The molecule has 2 heterocycles. The Hall–Kier alpha value is -1.92. The highest BCUT2D eigenvalue weighted by Crippen LogP contribution is 2.35.